The zero-order valence-electron chi connectivity index (χ0n) is 14.3. The van der Waals surface area contributed by atoms with Gasteiger partial charge in [-0.1, -0.05) is 6.07 Å². The average molecular weight is 327 g/mol. The summed E-state index contributed by atoms with van der Waals surface area (Å²) in [6, 6.07) is 4.86. The van der Waals surface area contributed by atoms with Gasteiger partial charge in [-0.15, -0.1) is 0 Å². The highest BCUT2D eigenvalue weighted by molar-refractivity contribution is 5.89. The Balaban J connectivity index is 2.08. The summed E-state index contributed by atoms with van der Waals surface area (Å²) in [5.41, 5.74) is 4.60. The molecule has 126 valence electrons. The first-order valence-corrected chi connectivity index (χ1v) is 7.53. The molecule has 0 spiro atoms. The Morgan fingerprint density at radius 3 is 2.75 bits per heavy atom. The standard InChI is InChI=1S/C18H21N3O3/c1-11-5-6-14(18(22)23)7-15(11)21-10-19-9-16-13(3)17(24-4)12(2)8-20-16/h5-8,10H,9H2,1-4H3,(H,19,21)(H,22,23). The maximum Gasteiger partial charge on any atom is 0.335 e. The van der Waals surface area contributed by atoms with E-state index in [0.29, 0.717) is 12.2 Å². The highest BCUT2D eigenvalue weighted by Gasteiger charge is 2.08. The van der Waals surface area contributed by atoms with Crippen molar-refractivity contribution in [2.45, 2.75) is 27.3 Å². The predicted octanol–water partition coefficient (Wildman–Crippen LogP) is 3.16. The molecule has 0 bridgehead atoms. The van der Waals surface area contributed by atoms with Crippen molar-refractivity contribution < 1.29 is 14.6 Å². The van der Waals surface area contributed by atoms with Crippen LogP contribution < -0.4 is 10.1 Å². The van der Waals surface area contributed by atoms with E-state index in [4.69, 9.17) is 9.84 Å². The second-order valence-corrected chi connectivity index (χ2v) is 5.49. The van der Waals surface area contributed by atoms with Crippen LogP contribution in [0.2, 0.25) is 0 Å². The van der Waals surface area contributed by atoms with E-state index in [-0.39, 0.29) is 5.56 Å². The lowest BCUT2D eigenvalue weighted by molar-refractivity contribution is 0.0697. The zero-order chi connectivity index (χ0) is 17.7. The van der Waals surface area contributed by atoms with Crippen molar-refractivity contribution in [1.82, 2.24) is 10.3 Å². The summed E-state index contributed by atoms with van der Waals surface area (Å²) in [6.45, 7) is 6.31. The predicted molar refractivity (Wildman–Crippen MR) is 93.4 cm³/mol. The van der Waals surface area contributed by atoms with E-state index in [9.17, 15) is 4.79 Å². The lowest BCUT2D eigenvalue weighted by Gasteiger charge is -2.12. The van der Waals surface area contributed by atoms with Crippen LogP contribution in [0.4, 0.5) is 5.69 Å². The van der Waals surface area contributed by atoms with Crippen molar-refractivity contribution in [2.24, 2.45) is 4.99 Å². The molecule has 0 saturated carbocycles. The van der Waals surface area contributed by atoms with E-state index in [2.05, 4.69) is 15.3 Å². The molecule has 0 radical (unpaired) electrons. The van der Waals surface area contributed by atoms with Crippen molar-refractivity contribution in [3.8, 4) is 5.75 Å². The van der Waals surface area contributed by atoms with Gasteiger partial charge in [-0.2, -0.15) is 0 Å². The number of carbonyl (C=O) groups is 1. The molecule has 0 saturated heterocycles. The number of carboxylic acids is 1. The number of aliphatic imine (C=N–C) groups is 1. The van der Waals surface area contributed by atoms with Gasteiger partial charge in [-0.25, -0.2) is 9.79 Å². The minimum absolute atomic E-state index is 0.216. The van der Waals surface area contributed by atoms with Gasteiger partial charge in [-0.05, 0) is 38.5 Å². The number of aromatic carboxylic acids is 1. The summed E-state index contributed by atoms with van der Waals surface area (Å²) in [6.07, 6.45) is 3.34. The average Bonchev–Trinajstić information content (AvgIpc) is 2.55. The number of nitrogens with zero attached hydrogens (tertiary/aromatic N) is 2. The molecular weight excluding hydrogens is 306 g/mol. The Morgan fingerprint density at radius 2 is 2.08 bits per heavy atom. The first-order valence-electron chi connectivity index (χ1n) is 7.53. The van der Waals surface area contributed by atoms with Crippen LogP contribution in [0, 0.1) is 20.8 Å². The molecule has 2 N–H and O–H groups in total. The molecule has 0 fully saturated rings. The SMILES string of the molecule is COc1c(C)cnc(CN/C=N/c2cc(C(=O)O)ccc2C)c1C. The van der Waals surface area contributed by atoms with E-state index in [1.165, 1.54) is 0 Å². The third kappa shape index (κ3) is 3.90. The first-order chi connectivity index (χ1) is 11.4. The number of carboxylic acid groups (broad SMARTS) is 1. The minimum atomic E-state index is -0.967. The van der Waals surface area contributed by atoms with E-state index in [1.807, 2.05) is 20.8 Å². The smallest absolute Gasteiger partial charge is 0.335 e. The van der Waals surface area contributed by atoms with E-state index in [1.54, 1.807) is 37.8 Å². The largest absolute Gasteiger partial charge is 0.496 e. The summed E-state index contributed by atoms with van der Waals surface area (Å²) in [5, 5.41) is 12.1. The second kappa shape index (κ2) is 7.59. The van der Waals surface area contributed by atoms with Gasteiger partial charge < -0.3 is 15.2 Å². The molecule has 1 aromatic carbocycles. The van der Waals surface area contributed by atoms with Gasteiger partial charge >= 0.3 is 5.97 Å². The van der Waals surface area contributed by atoms with Crippen LogP contribution in [-0.4, -0.2) is 29.5 Å². The Bertz CT molecular complexity index is 785. The molecule has 6 heteroatoms. The van der Waals surface area contributed by atoms with E-state index >= 15 is 0 Å². The van der Waals surface area contributed by atoms with Crippen molar-refractivity contribution in [3.05, 3.63) is 52.3 Å². The molecule has 0 atom stereocenters. The number of rotatable bonds is 6. The molecule has 0 amide bonds. The van der Waals surface area contributed by atoms with Crippen molar-refractivity contribution in [3.63, 3.8) is 0 Å². The fraction of sp³-hybridized carbons (Fsp3) is 0.278. The fourth-order valence-electron chi connectivity index (χ4n) is 2.39. The third-order valence-electron chi connectivity index (χ3n) is 3.77. The van der Waals surface area contributed by atoms with Gasteiger partial charge in [-0.3, -0.25) is 4.98 Å². The molecule has 0 aliphatic carbocycles. The number of pyridine rings is 1. The van der Waals surface area contributed by atoms with Crippen molar-refractivity contribution in [2.75, 3.05) is 7.11 Å². The lowest BCUT2D eigenvalue weighted by Crippen LogP contribution is -2.13. The van der Waals surface area contributed by atoms with E-state index < -0.39 is 5.97 Å². The van der Waals surface area contributed by atoms with Crippen LogP contribution in [0.3, 0.4) is 0 Å². The van der Waals surface area contributed by atoms with E-state index in [0.717, 1.165) is 28.1 Å². The van der Waals surface area contributed by atoms with Gasteiger partial charge in [0.15, 0.2) is 0 Å². The summed E-state index contributed by atoms with van der Waals surface area (Å²) < 4.78 is 5.39. The quantitative estimate of drug-likeness (QED) is 0.629. The number of aromatic nitrogens is 1. The van der Waals surface area contributed by atoms with Gasteiger partial charge in [0.1, 0.15) is 5.75 Å². The third-order valence-corrected chi connectivity index (χ3v) is 3.77. The zero-order valence-corrected chi connectivity index (χ0v) is 14.3. The molecule has 6 nitrogen and oxygen atoms in total. The Morgan fingerprint density at radius 1 is 1.33 bits per heavy atom. The summed E-state index contributed by atoms with van der Waals surface area (Å²) in [5.74, 6) is -0.130. The second-order valence-electron chi connectivity index (χ2n) is 5.49. The number of hydrogen-bond donors (Lipinski definition) is 2. The summed E-state index contributed by atoms with van der Waals surface area (Å²) >= 11 is 0. The molecule has 2 aromatic rings. The highest BCUT2D eigenvalue weighted by Crippen LogP contribution is 2.24. The number of ether oxygens (including phenoxy) is 1. The molecule has 24 heavy (non-hydrogen) atoms. The monoisotopic (exact) mass is 327 g/mol. The summed E-state index contributed by atoms with van der Waals surface area (Å²) in [4.78, 5) is 19.7. The maximum absolute atomic E-state index is 11.0. The Hall–Kier alpha value is -2.89. The normalized spacial score (nSPS) is 10.8. The first kappa shape index (κ1) is 17.5. The van der Waals surface area contributed by atoms with Gasteiger partial charge in [0.05, 0.1) is 36.9 Å². The van der Waals surface area contributed by atoms with Gasteiger partial charge in [0.25, 0.3) is 0 Å². The molecule has 1 aromatic heterocycles. The van der Waals surface area contributed by atoms with Crippen LogP contribution in [0.5, 0.6) is 5.75 Å². The van der Waals surface area contributed by atoms with Crippen LogP contribution >= 0.6 is 0 Å². The van der Waals surface area contributed by atoms with Crippen molar-refractivity contribution >= 4 is 18.0 Å². The Labute approximate surface area is 141 Å². The van der Waals surface area contributed by atoms with Crippen LogP contribution in [-0.2, 0) is 6.54 Å². The summed E-state index contributed by atoms with van der Waals surface area (Å²) in [7, 11) is 1.65. The molecule has 0 aliphatic heterocycles. The molecule has 2 rings (SSSR count). The fourth-order valence-corrected chi connectivity index (χ4v) is 2.39. The molecule has 1 heterocycles. The topological polar surface area (TPSA) is 83.8 Å². The van der Waals surface area contributed by atoms with Crippen LogP contribution in [0.25, 0.3) is 0 Å². The molecule has 0 aliphatic rings. The number of methoxy groups -OCH3 is 1. The van der Waals surface area contributed by atoms with Gasteiger partial charge in [0.2, 0.25) is 0 Å². The van der Waals surface area contributed by atoms with Gasteiger partial charge in [0, 0.05) is 17.3 Å². The number of benzene rings is 1. The number of nitrogens with one attached hydrogen (secondary N) is 1. The minimum Gasteiger partial charge on any atom is -0.496 e. The van der Waals surface area contributed by atoms with Crippen LogP contribution in [0.1, 0.15) is 32.7 Å². The Kier molecular flexibility index (Phi) is 5.52. The number of hydrogen-bond acceptors (Lipinski definition) is 4. The highest BCUT2D eigenvalue weighted by atomic mass is 16.5. The van der Waals surface area contributed by atoms with Crippen LogP contribution in [0.15, 0.2) is 29.4 Å². The molecule has 0 unspecified atom stereocenters. The number of aryl methyl sites for hydroxylation is 2. The maximum atomic E-state index is 11.0. The molecular formula is C18H21N3O3. The lowest BCUT2D eigenvalue weighted by atomic mass is 10.1. The van der Waals surface area contributed by atoms with Crippen molar-refractivity contribution in [1.29, 1.82) is 0 Å².